The summed E-state index contributed by atoms with van der Waals surface area (Å²) >= 11 is 0. The Labute approximate surface area is 98.6 Å². The number of hydrogen-bond acceptors (Lipinski definition) is 5. The standard InChI is InChI=1S/C12H13N3O2/c13-5-3-11-14-12(15-17-11)9-1-2-10-8(7-9)4-6-16-10/h1-2,7H,3-6,13H2. The molecule has 0 unspecified atom stereocenters. The Morgan fingerprint density at radius 1 is 1.35 bits per heavy atom. The van der Waals surface area contributed by atoms with E-state index >= 15 is 0 Å². The molecule has 0 amide bonds. The van der Waals surface area contributed by atoms with Crippen molar-refractivity contribution >= 4 is 0 Å². The van der Waals surface area contributed by atoms with Crippen LogP contribution in [0.4, 0.5) is 0 Å². The lowest BCUT2D eigenvalue weighted by Crippen LogP contribution is -2.02. The Morgan fingerprint density at radius 2 is 2.29 bits per heavy atom. The van der Waals surface area contributed by atoms with Gasteiger partial charge in [-0.2, -0.15) is 4.98 Å². The first kappa shape index (κ1) is 10.3. The van der Waals surface area contributed by atoms with E-state index in [1.807, 2.05) is 12.1 Å². The van der Waals surface area contributed by atoms with Crippen LogP contribution in [0.2, 0.25) is 0 Å². The molecule has 0 aliphatic carbocycles. The summed E-state index contributed by atoms with van der Waals surface area (Å²) in [5.74, 6) is 2.15. The number of benzene rings is 1. The predicted molar refractivity (Wildman–Crippen MR) is 61.7 cm³/mol. The van der Waals surface area contributed by atoms with E-state index in [1.165, 1.54) is 5.56 Å². The average Bonchev–Trinajstić information content (AvgIpc) is 2.96. The van der Waals surface area contributed by atoms with Crippen molar-refractivity contribution in [1.82, 2.24) is 10.1 Å². The van der Waals surface area contributed by atoms with Gasteiger partial charge >= 0.3 is 0 Å². The van der Waals surface area contributed by atoms with Crippen LogP contribution >= 0.6 is 0 Å². The fraction of sp³-hybridized carbons (Fsp3) is 0.333. The molecule has 2 aromatic rings. The molecule has 0 saturated carbocycles. The number of aromatic nitrogens is 2. The molecule has 1 aliphatic rings. The van der Waals surface area contributed by atoms with Gasteiger partial charge in [0.2, 0.25) is 11.7 Å². The minimum atomic E-state index is 0.514. The zero-order valence-electron chi connectivity index (χ0n) is 9.35. The zero-order chi connectivity index (χ0) is 11.7. The molecule has 1 aromatic carbocycles. The van der Waals surface area contributed by atoms with Crippen molar-refractivity contribution in [3.8, 4) is 17.1 Å². The quantitative estimate of drug-likeness (QED) is 0.858. The van der Waals surface area contributed by atoms with E-state index in [0.717, 1.165) is 24.3 Å². The number of ether oxygens (including phenoxy) is 1. The predicted octanol–water partition coefficient (Wildman–Crippen LogP) is 1.17. The number of nitrogens with two attached hydrogens (primary N) is 1. The third-order valence-electron chi connectivity index (χ3n) is 2.77. The molecule has 1 aliphatic heterocycles. The van der Waals surface area contributed by atoms with Crippen molar-refractivity contribution < 1.29 is 9.26 Å². The van der Waals surface area contributed by atoms with Crippen LogP contribution in [0.25, 0.3) is 11.4 Å². The summed E-state index contributed by atoms with van der Waals surface area (Å²) in [4.78, 5) is 4.30. The largest absolute Gasteiger partial charge is 0.493 e. The molecule has 0 saturated heterocycles. The number of hydrogen-bond donors (Lipinski definition) is 1. The first-order valence-corrected chi connectivity index (χ1v) is 5.65. The highest BCUT2D eigenvalue weighted by atomic mass is 16.5. The summed E-state index contributed by atoms with van der Waals surface area (Å²) in [5, 5.41) is 3.95. The first-order valence-electron chi connectivity index (χ1n) is 5.65. The summed E-state index contributed by atoms with van der Waals surface area (Å²) in [6, 6.07) is 5.96. The van der Waals surface area contributed by atoms with Gasteiger partial charge in [-0.3, -0.25) is 0 Å². The summed E-state index contributed by atoms with van der Waals surface area (Å²) in [6.07, 6.45) is 1.55. The smallest absolute Gasteiger partial charge is 0.228 e. The van der Waals surface area contributed by atoms with Crippen LogP contribution in [0.5, 0.6) is 5.75 Å². The minimum absolute atomic E-state index is 0.514. The summed E-state index contributed by atoms with van der Waals surface area (Å²) in [6.45, 7) is 1.27. The number of rotatable bonds is 3. The fourth-order valence-corrected chi connectivity index (χ4v) is 1.92. The molecule has 0 atom stereocenters. The summed E-state index contributed by atoms with van der Waals surface area (Å²) in [5.41, 5.74) is 7.60. The van der Waals surface area contributed by atoms with Gasteiger partial charge in [0.25, 0.3) is 0 Å². The normalized spacial score (nSPS) is 13.5. The third kappa shape index (κ3) is 1.89. The SMILES string of the molecule is NCCc1nc(-c2ccc3c(c2)CCO3)no1. The van der Waals surface area contributed by atoms with E-state index in [0.29, 0.717) is 24.7 Å². The van der Waals surface area contributed by atoms with E-state index in [2.05, 4.69) is 16.2 Å². The monoisotopic (exact) mass is 231 g/mol. The van der Waals surface area contributed by atoms with Gasteiger partial charge in [-0.25, -0.2) is 0 Å². The maximum absolute atomic E-state index is 5.45. The van der Waals surface area contributed by atoms with Gasteiger partial charge in [-0.05, 0) is 23.8 Å². The van der Waals surface area contributed by atoms with Gasteiger partial charge < -0.3 is 15.0 Å². The van der Waals surface area contributed by atoms with E-state index in [1.54, 1.807) is 0 Å². The highest BCUT2D eigenvalue weighted by Crippen LogP contribution is 2.29. The number of fused-ring (bicyclic) bond motifs is 1. The Bertz CT molecular complexity index is 536. The van der Waals surface area contributed by atoms with Crippen LogP contribution in [0.15, 0.2) is 22.7 Å². The molecule has 0 bridgehead atoms. The molecule has 1 aromatic heterocycles. The lowest BCUT2D eigenvalue weighted by Gasteiger charge is -1.99. The van der Waals surface area contributed by atoms with Gasteiger partial charge in [-0.15, -0.1) is 0 Å². The summed E-state index contributed by atoms with van der Waals surface area (Å²) < 4.78 is 10.6. The van der Waals surface area contributed by atoms with Crippen LogP contribution in [0.3, 0.4) is 0 Å². The topological polar surface area (TPSA) is 74.2 Å². The van der Waals surface area contributed by atoms with Gasteiger partial charge in [0.05, 0.1) is 6.61 Å². The van der Waals surface area contributed by atoms with Gasteiger partial charge in [-0.1, -0.05) is 5.16 Å². The highest BCUT2D eigenvalue weighted by molar-refractivity contribution is 5.59. The molecule has 17 heavy (non-hydrogen) atoms. The Morgan fingerprint density at radius 3 is 3.18 bits per heavy atom. The Hall–Kier alpha value is -1.88. The van der Waals surface area contributed by atoms with Crippen molar-refractivity contribution in [1.29, 1.82) is 0 Å². The molecule has 0 fully saturated rings. The van der Waals surface area contributed by atoms with Gasteiger partial charge in [0, 0.05) is 24.9 Å². The molecule has 2 N–H and O–H groups in total. The van der Waals surface area contributed by atoms with E-state index in [-0.39, 0.29) is 0 Å². The van der Waals surface area contributed by atoms with E-state index < -0.39 is 0 Å². The van der Waals surface area contributed by atoms with E-state index in [4.69, 9.17) is 15.0 Å². The van der Waals surface area contributed by atoms with Crippen LogP contribution in [-0.2, 0) is 12.8 Å². The van der Waals surface area contributed by atoms with E-state index in [9.17, 15) is 0 Å². The van der Waals surface area contributed by atoms with Crippen molar-refractivity contribution in [2.45, 2.75) is 12.8 Å². The lowest BCUT2D eigenvalue weighted by molar-refractivity contribution is 0.357. The highest BCUT2D eigenvalue weighted by Gasteiger charge is 2.15. The molecule has 2 heterocycles. The molecule has 3 rings (SSSR count). The van der Waals surface area contributed by atoms with Crippen molar-refractivity contribution in [3.05, 3.63) is 29.7 Å². The molecule has 88 valence electrons. The van der Waals surface area contributed by atoms with Crippen LogP contribution in [0.1, 0.15) is 11.5 Å². The molecular formula is C12H13N3O2. The minimum Gasteiger partial charge on any atom is -0.493 e. The third-order valence-corrected chi connectivity index (χ3v) is 2.77. The van der Waals surface area contributed by atoms with Crippen LogP contribution in [-0.4, -0.2) is 23.3 Å². The molecule has 0 spiro atoms. The maximum atomic E-state index is 5.45. The molecular weight excluding hydrogens is 218 g/mol. The average molecular weight is 231 g/mol. The fourth-order valence-electron chi connectivity index (χ4n) is 1.92. The van der Waals surface area contributed by atoms with Crippen molar-refractivity contribution in [2.24, 2.45) is 5.73 Å². The maximum Gasteiger partial charge on any atom is 0.228 e. The molecule has 0 radical (unpaired) electrons. The second-order valence-corrected chi connectivity index (χ2v) is 3.97. The van der Waals surface area contributed by atoms with Crippen molar-refractivity contribution in [3.63, 3.8) is 0 Å². The second kappa shape index (κ2) is 4.18. The summed E-state index contributed by atoms with van der Waals surface area (Å²) in [7, 11) is 0. The van der Waals surface area contributed by atoms with Gasteiger partial charge in [0.15, 0.2) is 0 Å². The van der Waals surface area contributed by atoms with Gasteiger partial charge in [0.1, 0.15) is 5.75 Å². The van der Waals surface area contributed by atoms with Crippen LogP contribution < -0.4 is 10.5 Å². The number of nitrogens with zero attached hydrogens (tertiary/aromatic N) is 2. The lowest BCUT2D eigenvalue weighted by atomic mass is 10.1. The van der Waals surface area contributed by atoms with Crippen molar-refractivity contribution in [2.75, 3.05) is 13.2 Å². The molecule has 5 nitrogen and oxygen atoms in total. The Balaban J connectivity index is 1.92. The zero-order valence-corrected chi connectivity index (χ0v) is 9.35. The van der Waals surface area contributed by atoms with Crippen LogP contribution in [0, 0.1) is 0 Å². The second-order valence-electron chi connectivity index (χ2n) is 3.97. The first-order chi connectivity index (χ1) is 8.36. The Kier molecular flexibility index (Phi) is 2.53. The molecule has 5 heteroatoms.